The minimum atomic E-state index is -3.63. The average Bonchev–Trinajstić information content (AvgIpc) is 3.06. The van der Waals surface area contributed by atoms with Gasteiger partial charge in [-0.25, -0.2) is 13.2 Å². The number of aromatic amines is 1. The van der Waals surface area contributed by atoms with E-state index in [4.69, 9.17) is 4.74 Å². The number of carbonyl (C=O) groups is 2. The summed E-state index contributed by atoms with van der Waals surface area (Å²) in [4.78, 5) is 30.4. The molecule has 8 nitrogen and oxygen atoms in total. The lowest BCUT2D eigenvalue weighted by Gasteiger charge is -2.34. The lowest BCUT2D eigenvalue weighted by molar-refractivity contribution is 0.0376. The maximum atomic E-state index is 13.1. The number of nitrogens with zero attached hydrogens (tertiary/aromatic N) is 2. The van der Waals surface area contributed by atoms with Crippen molar-refractivity contribution in [3.05, 3.63) is 52.3 Å². The Morgan fingerprint density at radius 1 is 0.970 bits per heavy atom. The van der Waals surface area contributed by atoms with Crippen LogP contribution in [0.15, 0.2) is 29.2 Å². The van der Waals surface area contributed by atoms with E-state index in [0.717, 1.165) is 5.56 Å². The number of H-pyrrole nitrogens is 1. The highest BCUT2D eigenvalue weighted by Gasteiger charge is 2.32. The molecule has 9 heteroatoms. The summed E-state index contributed by atoms with van der Waals surface area (Å²) in [5.74, 6) is -0.392. The lowest BCUT2D eigenvalue weighted by atomic mass is 10.0. The lowest BCUT2D eigenvalue weighted by Crippen LogP contribution is -2.50. The summed E-state index contributed by atoms with van der Waals surface area (Å²) in [6.07, 6.45) is -0.262. The van der Waals surface area contributed by atoms with Gasteiger partial charge in [0, 0.05) is 31.9 Å². The first kappa shape index (κ1) is 25.0. The van der Waals surface area contributed by atoms with Gasteiger partial charge in [0.2, 0.25) is 10.0 Å². The van der Waals surface area contributed by atoms with Crippen LogP contribution in [0.4, 0.5) is 0 Å². The van der Waals surface area contributed by atoms with E-state index in [0.29, 0.717) is 28.4 Å². The zero-order valence-corrected chi connectivity index (χ0v) is 21.0. The van der Waals surface area contributed by atoms with Crippen LogP contribution in [-0.2, 0) is 14.8 Å². The number of rotatable bonds is 6. The highest BCUT2D eigenvalue weighted by atomic mass is 32.2. The minimum Gasteiger partial charge on any atom is -0.459 e. The van der Waals surface area contributed by atoms with Crippen molar-refractivity contribution in [2.45, 2.75) is 58.5 Å². The zero-order valence-electron chi connectivity index (χ0n) is 20.1. The third kappa shape index (κ3) is 5.14. The molecule has 180 valence electrons. The van der Waals surface area contributed by atoms with Crippen molar-refractivity contribution in [1.29, 1.82) is 0 Å². The Morgan fingerprint density at radius 3 is 2.06 bits per heavy atom. The molecule has 0 unspecified atom stereocenters. The van der Waals surface area contributed by atoms with Crippen molar-refractivity contribution in [3.8, 4) is 0 Å². The highest BCUT2D eigenvalue weighted by Crippen LogP contribution is 2.24. The Kier molecular flexibility index (Phi) is 7.33. The summed E-state index contributed by atoms with van der Waals surface area (Å²) in [5, 5.41) is 0. The first-order valence-corrected chi connectivity index (χ1v) is 12.7. The Labute approximate surface area is 196 Å². The summed E-state index contributed by atoms with van der Waals surface area (Å²) < 4.78 is 32.8. The van der Waals surface area contributed by atoms with Crippen LogP contribution >= 0.6 is 0 Å². The van der Waals surface area contributed by atoms with Crippen molar-refractivity contribution in [3.63, 3.8) is 0 Å². The smallest absolute Gasteiger partial charge is 0.340 e. The summed E-state index contributed by atoms with van der Waals surface area (Å²) in [6, 6.07) is 6.97. The number of ether oxygens (including phenoxy) is 1. The largest absolute Gasteiger partial charge is 0.459 e. The van der Waals surface area contributed by atoms with Gasteiger partial charge in [-0.15, -0.1) is 0 Å². The zero-order chi connectivity index (χ0) is 24.5. The van der Waals surface area contributed by atoms with Crippen molar-refractivity contribution >= 4 is 21.9 Å². The molecule has 1 aromatic carbocycles. The standard InChI is InChI=1S/C24H33N3O5S/c1-15(2)19-7-9-20(10-8-19)33(30,31)27-13-11-26(12-14-27)23(28)22-17(5)21(18(6)25-22)24(29)32-16(3)4/h7-10,15-16,25H,11-14H2,1-6H3. The van der Waals surface area contributed by atoms with Gasteiger partial charge < -0.3 is 14.6 Å². The molecule has 0 aliphatic carbocycles. The number of hydrogen-bond donors (Lipinski definition) is 1. The predicted molar refractivity (Wildman–Crippen MR) is 126 cm³/mol. The molecule has 1 N–H and O–H groups in total. The second kappa shape index (κ2) is 9.69. The van der Waals surface area contributed by atoms with Crippen LogP contribution in [0.2, 0.25) is 0 Å². The Bertz CT molecular complexity index is 1130. The third-order valence-corrected chi connectivity index (χ3v) is 7.82. The first-order valence-electron chi connectivity index (χ1n) is 11.2. The van der Waals surface area contributed by atoms with Gasteiger partial charge in [0.25, 0.3) is 5.91 Å². The molecular formula is C24H33N3O5S. The van der Waals surface area contributed by atoms with Gasteiger partial charge in [-0.1, -0.05) is 26.0 Å². The van der Waals surface area contributed by atoms with E-state index in [1.807, 2.05) is 12.1 Å². The molecule has 1 aliphatic rings. The molecule has 1 amide bonds. The third-order valence-electron chi connectivity index (χ3n) is 5.91. The number of piperazine rings is 1. The van der Waals surface area contributed by atoms with Crippen molar-refractivity contribution in [2.24, 2.45) is 0 Å². The van der Waals surface area contributed by atoms with Crippen LogP contribution in [0.5, 0.6) is 0 Å². The van der Waals surface area contributed by atoms with Gasteiger partial charge in [0.05, 0.1) is 16.6 Å². The highest BCUT2D eigenvalue weighted by molar-refractivity contribution is 7.89. The van der Waals surface area contributed by atoms with Gasteiger partial charge in [-0.05, 0) is 56.9 Å². The Balaban J connectivity index is 1.71. The van der Waals surface area contributed by atoms with Gasteiger partial charge in [-0.3, -0.25) is 4.79 Å². The Morgan fingerprint density at radius 2 is 1.55 bits per heavy atom. The summed E-state index contributed by atoms with van der Waals surface area (Å²) in [6.45, 7) is 12.1. The number of amides is 1. The van der Waals surface area contributed by atoms with E-state index < -0.39 is 16.0 Å². The fourth-order valence-corrected chi connectivity index (χ4v) is 5.43. The molecule has 2 heterocycles. The maximum absolute atomic E-state index is 13.1. The number of nitrogens with one attached hydrogen (secondary N) is 1. The van der Waals surface area contributed by atoms with E-state index in [9.17, 15) is 18.0 Å². The number of aryl methyl sites for hydroxylation is 1. The van der Waals surface area contributed by atoms with Crippen molar-refractivity contribution < 1.29 is 22.7 Å². The summed E-state index contributed by atoms with van der Waals surface area (Å²) >= 11 is 0. The normalized spacial score (nSPS) is 15.3. The van der Waals surface area contributed by atoms with Gasteiger partial charge >= 0.3 is 5.97 Å². The maximum Gasteiger partial charge on any atom is 0.340 e. The number of esters is 1. The minimum absolute atomic E-state index is 0.209. The van der Waals surface area contributed by atoms with Crippen LogP contribution in [0.1, 0.15) is 71.3 Å². The first-order chi connectivity index (χ1) is 15.4. The molecule has 1 saturated heterocycles. The summed E-state index contributed by atoms with van der Waals surface area (Å²) in [5.41, 5.74) is 2.91. The number of carbonyl (C=O) groups excluding carboxylic acids is 2. The molecule has 33 heavy (non-hydrogen) atoms. The van der Waals surface area contributed by atoms with E-state index in [1.54, 1.807) is 44.7 Å². The molecule has 3 rings (SSSR count). The van der Waals surface area contributed by atoms with Gasteiger partial charge in [0.15, 0.2) is 0 Å². The molecule has 0 radical (unpaired) electrons. The number of hydrogen-bond acceptors (Lipinski definition) is 5. The quantitative estimate of drug-likeness (QED) is 0.645. The van der Waals surface area contributed by atoms with Crippen LogP contribution in [0, 0.1) is 13.8 Å². The van der Waals surface area contributed by atoms with Crippen LogP contribution in [0.3, 0.4) is 0 Å². The molecule has 1 aromatic heterocycles. The Hall–Kier alpha value is -2.65. The average molecular weight is 476 g/mol. The van der Waals surface area contributed by atoms with E-state index in [1.165, 1.54) is 4.31 Å². The topological polar surface area (TPSA) is 99.8 Å². The fourth-order valence-electron chi connectivity index (χ4n) is 4.01. The number of sulfonamides is 1. The summed E-state index contributed by atoms with van der Waals surface area (Å²) in [7, 11) is -3.63. The van der Waals surface area contributed by atoms with E-state index in [-0.39, 0.29) is 43.1 Å². The van der Waals surface area contributed by atoms with Crippen molar-refractivity contribution in [1.82, 2.24) is 14.2 Å². The molecular weight excluding hydrogens is 442 g/mol. The molecule has 1 aliphatic heterocycles. The molecule has 2 aromatic rings. The van der Waals surface area contributed by atoms with Crippen LogP contribution < -0.4 is 0 Å². The van der Waals surface area contributed by atoms with E-state index >= 15 is 0 Å². The second-order valence-electron chi connectivity index (χ2n) is 9.00. The van der Waals surface area contributed by atoms with Crippen LogP contribution in [0.25, 0.3) is 0 Å². The number of benzene rings is 1. The molecule has 1 fully saturated rings. The van der Waals surface area contributed by atoms with E-state index in [2.05, 4.69) is 18.8 Å². The molecule has 0 spiro atoms. The monoisotopic (exact) mass is 475 g/mol. The molecule has 0 bridgehead atoms. The van der Waals surface area contributed by atoms with Crippen molar-refractivity contribution in [2.75, 3.05) is 26.2 Å². The SMILES string of the molecule is Cc1[nH]c(C(=O)N2CCN(S(=O)(=O)c3ccc(C(C)C)cc3)CC2)c(C)c1C(=O)OC(C)C. The molecule has 0 atom stereocenters. The predicted octanol–water partition coefficient (Wildman–Crippen LogP) is 3.47. The van der Waals surface area contributed by atoms with Gasteiger partial charge in [-0.2, -0.15) is 4.31 Å². The fraction of sp³-hybridized carbons (Fsp3) is 0.500. The van der Waals surface area contributed by atoms with Gasteiger partial charge in [0.1, 0.15) is 5.69 Å². The molecule has 0 saturated carbocycles. The second-order valence-corrected chi connectivity index (χ2v) is 10.9. The van der Waals surface area contributed by atoms with Crippen LogP contribution in [-0.4, -0.2) is 66.8 Å². The number of aromatic nitrogens is 1.